The van der Waals surface area contributed by atoms with E-state index in [1.807, 2.05) is 33.2 Å². The Bertz CT molecular complexity index is 649. The molecule has 1 aromatic carbocycles. The third-order valence-corrected chi connectivity index (χ3v) is 3.68. The van der Waals surface area contributed by atoms with Crippen LogP contribution in [0.3, 0.4) is 0 Å². The number of nitrogens with zero attached hydrogens (tertiary/aromatic N) is 2. The highest BCUT2D eigenvalue weighted by Gasteiger charge is 2.22. The Kier molecular flexibility index (Phi) is 5.55. The quantitative estimate of drug-likeness (QED) is 0.890. The van der Waals surface area contributed by atoms with Gasteiger partial charge in [0.25, 0.3) is 5.91 Å². The smallest absolute Gasteiger partial charge is 0.270 e. The molecule has 0 aliphatic rings. The summed E-state index contributed by atoms with van der Waals surface area (Å²) in [5, 5.41) is 10.4. The van der Waals surface area contributed by atoms with Gasteiger partial charge in [-0.15, -0.1) is 0 Å². The number of amides is 1. The molecule has 1 atom stereocenters. The van der Waals surface area contributed by atoms with Crippen LogP contribution in [0.1, 0.15) is 36.0 Å². The maximum Gasteiger partial charge on any atom is 0.270 e. The number of halogens is 1. The van der Waals surface area contributed by atoms with Crippen molar-refractivity contribution in [1.29, 1.82) is 0 Å². The van der Waals surface area contributed by atoms with E-state index in [9.17, 15) is 14.3 Å². The average Bonchev–Trinajstić information content (AvgIpc) is 2.92. The Morgan fingerprint density at radius 3 is 2.39 bits per heavy atom. The predicted octanol–water partition coefficient (Wildman–Crippen LogP) is 3.00. The van der Waals surface area contributed by atoms with Gasteiger partial charge in [-0.25, -0.2) is 4.39 Å². The summed E-state index contributed by atoms with van der Waals surface area (Å²) in [5.74, 6) is -0.188. The first-order valence-electron chi connectivity index (χ1n) is 7.72. The molecule has 2 aromatic rings. The van der Waals surface area contributed by atoms with Crippen LogP contribution in [0.15, 0.2) is 42.6 Å². The van der Waals surface area contributed by atoms with Crippen LogP contribution in [0, 0.1) is 11.7 Å². The number of carbonyl (C=O) groups is 1. The van der Waals surface area contributed by atoms with Crippen molar-refractivity contribution in [2.24, 2.45) is 13.0 Å². The van der Waals surface area contributed by atoms with Gasteiger partial charge in [-0.2, -0.15) is 0 Å². The Labute approximate surface area is 136 Å². The molecule has 0 bridgehead atoms. The largest absolute Gasteiger partial charge is 0.387 e. The molecule has 5 heteroatoms. The maximum absolute atomic E-state index is 13.0. The van der Waals surface area contributed by atoms with Crippen molar-refractivity contribution in [3.63, 3.8) is 0 Å². The summed E-state index contributed by atoms with van der Waals surface area (Å²) < 4.78 is 14.8. The molecule has 1 aromatic heterocycles. The van der Waals surface area contributed by atoms with Crippen LogP contribution in [0.25, 0.3) is 0 Å². The fraction of sp³-hybridized carbons (Fsp3) is 0.389. The van der Waals surface area contributed by atoms with Crippen LogP contribution < -0.4 is 0 Å². The first kappa shape index (κ1) is 17.2. The number of benzene rings is 1. The zero-order valence-electron chi connectivity index (χ0n) is 13.7. The van der Waals surface area contributed by atoms with E-state index in [-0.39, 0.29) is 24.2 Å². The lowest BCUT2D eigenvalue weighted by Gasteiger charge is -2.27. The molecule has 1 N–H and O–H groups in total. The number of aryl methyl sites for hydroxylation is 1. The molecule has 0 saturated heterocycles. The molecular weight excluding hydrogens is 295 g/mol. The van der Waals surface area contributed by atoms with Gasteiger partial charge in [0.1, 0.15) is 11.5 Å². The number of aliphatic hydroxyl groups is 1. The zero-order valence-corrected chi connectivity index (χ0v) is 13.7. The van der Waals surface area contributed by atoms with E-state index in [4.69, 9.17) is 0 Å². The second-order valence-electron chi connectivity index (χ2n) is 6.18. The van der Waals surface area contributed by atoms with Crippen molar-refractivity contribution in [3.05, 3.63) is 59.7 Å². The van der Waals surface area contributed by atoms with Gasteiger partial charge in [0.15, 0.2) is 0 Å². The highest BCUT2D eigenvalue weighted by molar-refractivity contribution is 5.92. The summed E-state index contributed by atoms with van der Waals surface area (Å²) in [4.78, 5) is 14.4. The van der Waals surface area contributed by atoms with Crippen molar-refractivity contribution in [2.45, 2.75) is 20.0 Å². The monoisotopic (exact) mass is 318 g/mol. The number of rotatable bonds is 6. The van der Waals surface area contributed by atoms with E-state index in [1.54, 1.807) is 27.7 Å². The lowest BCUT2D eigenvalue weighted by molar-refractivity contribution is 0.0585. The average molecular weight is 318 g/mol. The molecule has 0 saturated carbocycles. The highest BCUT2D eigenvalue weighted by atomic mass is 19.1. The van der Waals surface area contributed by atoms with Crippen LogP contribution >= 0.6 is 0 Å². The molecule has 0 spiro atoms. The van der Waals surface area contributed by atoms with Gasteiger partial charge in [0.2, 0.25) is 0 Å². The second kappa shape index (κ2) is 7.42. The van der Waals surface area contributed by atoms with Crippen molar-refractivity contribution < 1.29 is 14.3 Å². The van der Waals surface area contributed by atoms with E-state index in [1.165, 1.54) is 12.1 Å². The molecule has 23 heavy (non-hydrogen) atoms. The predicted molar refractivity (Wildman–Crippen MR) is 87.5 cm³/mol. The lowest BCUT2D eigenvalue weighted by Crippen LogP contribution is -2.38. The molecule has 0 aliphatic carbocycles. The Morgan fingerprint density at radius 1 is 1.22 bits per heavy atom. The minimum absolute atomic E-state index is 0.118. The van der Waals surface area contributed by atoms with Crippen LogP contribution in [-0.2, 0) is 7.05 Å². The molecule has 0 aliphatic heterocycles. The van der Waals surface area contributed by atoms with Gasteiger partial charge in [-0.1, -0.05) is 26.0 Å². The molecule has 0 fully saturated rings. The molecule has 2 rings (SSSR count). The zero-order chi connectivity index (χ0) is 17.0. The number of hydrogen-bond acceptors (Lipinski definition) is 2. The van der Waals surface area contributed by atoms with E-state index < -0.39 is 6.10 Å². The van der Waals surface area contributed by atoms with E-state index in [0.29, 0.717) is 17.8 Å². The summed E-state index contributed by atoms with van der Waals surface area (Å²) in [6.07, 6.45) is 0.968. The summed E-state index contributed by atoms with van der Waals surface area (Å²) >= 11 is 0. The number of hydrogen-bond donors (Lipinski definition) is 1. The number of carbonyl (C=O) groups excluding carboxylic acids is 1. The third-order valence-electron chi connectivity index (χ3n) is 3.68. The fourth-order valence-electron chi connectivity index (χ4n) is 2.53. The van der Waals surface area contributed by atoms with Gasteiger partial charge in [0, 0.05) is 19.8 Å². The minimum atomic E-state index is -0.849. The van der Waals surface area contributed by atoms with Gasteiger partial charge in [0.05, 0.1) is 12.6 Å². The summed E-state index contributed by atoms with van der Waals surface area (Å²) in [5.41, 5.74) is 1.18. The molecular formula is C18H23FN2O2. The van der Waals surface area contributed by atoms with Gasteiger partial charge < -0.3 is 14.6 Å². The molecule has 124 valence electrons. The van der Waals surface area contributed by atoms with Crippen molar-refractivity contribution >= 4 is 5.91 Å². The van der Waals surface area contributed by atoms with Gasteiger partial charge in [-0.3, -0.25) is 4.79 Å². The van der Waals surface area contributed by atoms with Crippen LogP contribution in [0.5, 0.6) is 0 Å². The Balaban J connectivity index is 2.16. The first-order chi connectivity index (χ1) is 10.9. The van der Waals surface area contributed by atoms with E-state index >= 15 is 0 Å². The van der Waals surface area contributed by atoms with Crippen LogP contribution in [0.4, 0.5) is 4.39 Å². The first-order valence-corrected chi connectivity index (χ1v) is 7.72. The topological polar surface area (TPSA) is 45.5 Å². The van der Waals surface area contributed by atoms with Gasteiger partial charge in [-0.05, 0) is 35.7 Å². The standard InChI is InChI=1S/C18H23FN2O2/c1-13(2)11-21(18(23)16-5-4-10-20(16)3)12-17(22)14-6-8-15(19)9-7-14/h4-10,13,17,22H,11-12H2,1-3H3/t17-/m0/s1. The molecule has 0 unspecified atom stereocenters. The van der Waals surface area contributed by atoms with Gasteiger partial charge >= 0.3 is 0 Å². The Morgan fingerprint density at radius 2 is 1.87 bits per heavy atom. The minimum Gasteiger partial charge on any atom is -0.387 e. The highest BCUT2D eigenvalue weighted by Crippen LogP contribution is 2.17. The molecule has 1 heterocycles. The molecule has 4 nitrogen and oxygen atoms in total. The lowest BCUT2D eigenvalue weighted by atomic mass is 10.1. The van der Waals surface area contributed by atoms with Crippen molar-refractivity contribution in [3.8, 4) is 0 Å². The Hall–Kier alpha value is -2.14. The molecule has 0 radical (unpaired) electrons. The second-order valence-corrected chi connectivity index (χ2v) is 6.18. The normalized spacial score (nSPS) is 12.4. The van der Waals surface area contributed by atoms with Crippen LogP contribution in [-0.4, -0.2) is 33.6 Å². The SMILES string of the molecule is CC(C)CN(C[C@H](O)c1ccc(F)cc1)C(=O)c1cccn1C. The number of aromatic nitrogens is 1. The third kappa shape index (κ3) is 4.42. The number of aliphatic hydroxyl groups excluding tert-OH is 1. The summed E-state index contributed by atoms with van der Waals surface area (Å²) in [6.45, 7) is 4.77. The summed E-state index contributed by atoms with van der Waals surface area (Å²) in [7, 11) is 1.82. The fourth-order valence-corrected chi connectivity index (χ4v) is 2.53. The summed E-state index contributed by atoms with van der Waals surface area (Å²) in [6, 6.07) is 9.28. The van der Waals surface area contributed by atoms with Crippen molar-refractivity contribution in [2.75, 3.05) is 13.1 Å². The van der Waals surface area contributed by atoms with E-state index in [2.05, 4.69) is 0 Å². The maximum atomic E-state index is 13.0. The van der Waals surface area contributed by atoms with Crippen LogP contribution in [0.2, 0.25) is 0 Å². The van der Waals surface area contributed by atoms with E-state index in [0.717, 1.165) is 0 Å². The van der Waals surface area contributed by atoms with Crippen molar-refractivity contribution in [1.82, 2.24) is 9.47 Å². The molecule has 1 amide bonds.